The number of amides is 9. The van der Waals surface area contributed by atoms with Crippen LogP contribution in [-0.2, 0) is 59.2 Å². The van der Waals surface area contributed by atoms with Crippen LogP contribution in [0.4, 0.5) is 0 Å². The van der Waals surface area contributed by atoms with Gasteiger partial charge in [-0.3, -0.25) is 47.9 Å². The van der Waals surface area contributed by atoms with Crippen molar-refractivity contribution in [2.75, 3.05) is 13.1 Å². The molecule has 2 rings (SSSR count). The van der Waals surface area contributed by atoms with E-state index in [1.54, 1.807) is 13.8 Å². The number of aliphatic carboxylic acids is 2. The van der Waals surface area contributed by atoms with Crippen LogP contribution >= 0.6 is 0 Å². The maximum absolute atomic E-state index is 14.0. The fourth-order valence-corrected chi connectivity index (χ4v) is 6.66. The number of nitrogens with one attached hydrogen (secondary N) is 6. The predicted octanol–water partition coefficient (Wildman–Crippen LogP) is -4.33. The van der Waals surface area contributed by atoms with Crippen LogP contribution in [0, 0.1) is 5.92 Å². The SMILES string of the molecule is CC[C@H](C)[C@H](NC(=O)[C@H](Cc1ccc(O)cc1)NC(=O)[C@@H](N)CCC(=O)O)C(=O)N[C@@H](CCC(N)=O)C(=O)N[C@@H](CC(N)=O)C(=O)N[C@@H](CN)C(=O)N1CCC[C@H]1C(=O)NC(C)(C)C(=O)O. The van der Waals surface area contributed by atoms with Gasteiger partial charge in [0, 0.05) is 32.4 Å². The van der Waals surface area contributed by atoms with Crippen molar-refractivity contribution in [3.8, 4) is 5.75 Å². The van der Waals surface area contributed by atoms with E-state index in [1.165, 1.54) is 38.1 Å². The summed E-state index contributed by atoms with van der Waals surface area (Å²) in [7, 11) is 0. The van der Waals surface area contributed by atoms with Gasteiger partial charge in [0.2, 0.25) is 53.2 Å². The standard InChI is InChI=1S/C41H63N11O14/c1-5-20(2)32(50-36(61)25(17-21-8-10-22(53)11-9-21)47-33(58)23(43)12-15-31(56)57)38(63)46-24(13-14-29(44)54)34(59)48-26(18-30(45)55)35(60)49-27(19-42)39(64)52-16-6-7-28(52)37(62)51-41(3,4)40(65)66/h8-11,20,23-28,32,53H,5-7,12-19,42-43H2,1-4H3,(H2,44,54)(H2,45,55)(H,46,63)(H,47,58)(H,48,59)(H,49,60)(H,50,61)(H,51,62)(H,56,57)(H,65,66)/t20-,23-,24-,25-,26-,27-,28-,32-/m0/s1. The van der Waals surface area contributed by atoms with Gasteiger partial charge in [0.15, 0.2) is 0 Å². The third kappa shape index (κ3) is 17.2. The van der Waals surface area contributed by atoms with Crippen molar-refractivity contribution >= 4 is 65.1 Å². The van der Waals surface area contributed by atoms with E-state index in [2.05, 4.69) is 31.9 Å². The van der Waals surface area contributed by atoms with E-state index in [0.717, 1.165) is 4.90 Å². The lowest BCUT2D eigenvalue weighted by Gasteiger charge is -2.31. The van der Waals surface area contributed by atoms with Crippen LogP contribution in [-0.4, -0.2) is 146 Å². The zero-order chi connectivity index (χ0) is 50.1. The number of aromatic hydroxyl groups is 1. The van der Waals surface area contributed by atoms with E-state index in [-0.39, 0.29) is 38.0 Å². The van der Waals surface area contributed by atoms with Gasteiger partial charge in [0.1, 0.15) is 47.5 Å². The van der Waals surface area contributed by atoms with Crippen molar-refractivity contribution in [2.24, 2.45) is 28.9 Å². The van der Waals surface area contributed by atoms with Gasteiger partial charge in [-0.2, -0.15) is 0 Å². The van der Waals surface area contributed by atoms with Gasteiger partial charge in [-0.25, -0.2) is 4.79 Å². The molecule has 1 aromatic rings. The summed E-state index contributed by atoms with van der Waals surface area (Å²) in [6, 6.07) is -4.59. The Bertz CT molecular complexity index is 1960. The number of carboxylic acids is 2. The summed E-state index contributed by atoms with van der Waals surface area (Å²) in [6.07, 6.45) is -1.85. The number of hydrogen-bond donors (Lipinski definition) is 13. The van der Waals surface area contributed by atoms with Crippen molar-refractivity contribution in [1.29, 1.82) is 0 Å². The lowest BCUT2D eigenvalue weighted by molar-refractivity contribution is -0.148. The topological polar surface area (TPSA) is 428 Å². The molecular formula is C41H63N11O14. The second-order valence-electron chi connectivity index (χ2n) is 16.5. The maximum atomic E-state index is 14.0. The molecule has 1 aliphatic heterocycles. The van der Waals surface area contributed by atoms with Crippen LogP contribution in [0.3, 0.4) is 0 Å². The number of nitrogens with two attached hydrogens (primary N) is 4. The van der Waals surface area contributed by atoms with Crippen molar-refractivity contribution < 1.29 is 68.1 Å². The van der Waals surface area contributed by atoms with E-state index in [0.29, 0.717) is 12.0 Å². The van der Waals surface area contributed by atoms with E-state index in [1.807, 2.05) is 0 Å². The van der Waals surface area contributed by atoms with E-state index in [9.17, 15) is 63.0 Å². The molecule has 17 N–H and O–H groups in total. The highest BCUT2D eigenvalue weighted by atomic mass is 16.4. The zero-order valence-corrected chi connectivity index (χ0v) is 37.3. The average Bonchev–Trinajstić information content (AvgIpc) is 3.75. The molecule has 1 fully saturated rings. The Morgan fingerprint density at radius 2 is 1.32 bits per heavy atom. The molecule has 1 aromatic carbocycles. The lowest BCUT2D eigenvalue weighted by atomic mass is 9.96. The van der Waals surface area contributed by atoms with Gasteiger partial charge in [-0.05, 0) is 63.1 Å². The Kier molecular flexibility index (Phi) is 21.4. The smallest absolute Gasteiger partial charge is 0.328 e. The van der Waals surface area contributed by atoms with Crippen LogP contribution < -0.4 is 54.8 Å². The Labute approximate surface area is 380 Å². The monoisotopic (exact) mass is 933 g/mol. The van der Waals surface area contributed by atoms with Gasteiger partial charge in [0.25, 0.3) is 0 Å². The lowest BCUT2D eigenvalue weighted by Crippen LogP contribution is -2.62. The zero-order valence-electron chi connectivity index (χ0n) is 37.3. The Balaban J connectivity index is 2.36. The Morgan fingerprint density at radius 1 is 0.758 bits per heavy atom. The summed E-state index contributed by atoms with van der Waals surface area (Å²) in [6.45, 7) is 5.32. The number of carboxylic acid groups (broad SMARTS) is 2. The van der Waals surface area contributed by atoms with Crippen LogP contribution in [0.5, 0.6) is 5.75 Å². The molecule has 0 aromatic heterocycles. The first-order valence-corrected chi connectivity index (χ1v) is 21.2. The number of rotatable bonds is 27. The van der Waals surface area contributed by atoms with Crippen molar-refractivity contribution in [3.63, 3.8) is 0 Å². The molecular weight excluding hydrogens is 871 g/mol. The number of benzene rings is 1. The number of likely N-dealkylation sites (tertiary alicyclic amines) is 1. The molecule has 1 saturated heterocycles. The van der Waals surface area contributed by atoms with Gasteiger partial charge >= 0.3 is 11.9 Å². The van der Waals surface area contributed by atoms with E-state index >= 15 is 0 Å². The van der Waals surface area contributed by atoms with Gasteiger partial charge < -0.3 is 75.1 Å². The third-order valence-corrected chi connectivity index (χ3v) is 10.8. The highest BCUT2D eigenvalue weighted by molar-refractivity contribution is 5.99. The maximum Gasteiger partial charge on any atom is 0.328 e. The molecule has 366 valence electrons. The van der Waals surface area contributed by atoms with Gasteiger partial charge in [-0.1, -0.05) is 32.4 Å². The highest BCUT2D eigenvalue weighted by Crippen LogP contribution is 2.20. The van der Waals surface area contributed by atoms with Crippen molar-refractivity contribution in [1.82, 2.24) is 36.8 Å². The summed E-state index contributed by atoms with van der Waals surface area (Å²) < 4.78 is 0. The van der Waals surface area contributed by atoms with Crippen molar-refractivity contribution in [3.05, 3.63) is 29.8 Å². The number of carbonyl (C=O) groups excluding carboxylic acids is 9. The molecule has 25 heteroatoms. The second kappa shape index (κ2) is 25.6. The third-order valence-electron chi connectivity index (χ3n) is 10.8. The first-order chi connectivity index (χ1) is 30.8. The fraction of sp³-hybridized carbons (Fsp3) is 0.585. The molecule has 0 saturated carbocycles. The first kappa shape index (κ1) is 55.2. The number of phenolic OH excluding ortho intramolecular Hbond substituents is 1. The number of carbonyl (C=O) groups is 11. The molecule has 0 spiro atoms. The molecule has 0 radical (unpaired) electrons. The Hall–Kier alpha value is -6.89. The van der Waals surface area contributed by atoms with E-state index < -0.39 is 151 Å². The number of phenols is 1. The summed E-state index contributed by atoms with van der Waals surface area (Å²) in [5.74, 6) is -11.8. The van der Waals surface area contributed by atoms with Crippen LogP contribution in [0.25, 0.3) is 0 Å². The van der Waals surface area contributed by atoms with Crippen LogP contribution in [0.2, 0.25) is 0 Å². The molecule has 0 bridgehead atoms. The molecule has 1 aliphatic rings. The van der Waals surface area contributed by atoms with E-state index in [4.69, 9.17) is 28.0 Å². The first-order valence-electron chi connectivity index (χ1n) is 21.2. The number of primary amides is 2. The molecule has 25 nitrogen and oxygen atoms in total. The van der Waals surface area contributed by atoms with Crippen molar-refractivity contribution in [2.45, 2.75) is 133 Å². The second-order valence-corrected chi connectivity index (χ2v) is 16.5. The fourth-order valence-electron chi connectivity index (χ4n) is 6.66. The van der Waals surface area contributed by atoms with Crippen LogP contribution in [0.15, 0.2) is 24.3 Å². The number of hydrogen-bond acceptors (Lipinski definition) is 14. The van der Waals surface area contributed by atoms with Gasteiger partial charge in [-0.15, -0.1) is 0 Å². The summed E-state index contributed by atoms with van der Waals surface area (Å²) in [5, 5.41) is 42.8. The molecule has 1 heterocycles. The largest absolute Gasteiger partial charge is 0.508 e. The van der Waals surface area contributed by atoms with Gasteiger partial charge in [0.05, 0.1) is 12.5 Å². The summed E-state index contributed by atoms with van der Waals surface area (Å²) in [4.78, 5) is 143. The number of nitrogens with zero attached hydrogens (tertiary/aromatic N) is 1. The normalized spacial score (nSPS) is 16.7. The highest BCUT2D eigenvalue weighted by Gasteiger charge is 2.41. The minimum absolute atomic E-state index is 0.0497. The summed E-state index contributed by atoms with van der Waals surface area (Å²) >= 11 is 0. The predicted molar refractivity (Wildman–Crippen MR) is 232 cm³/mol. The molecule has 0 unspecified atom stereocenters. The molecule has 8 atom stereocenters. The minimum Gasteiger partial charge on any atom is -0.508 e. The quantitative estimate of drug-likeness (QED) is 0.0397. The average molecular weight is 934 g/mol. The Morgan fingerprint density at radius 3 is 1.86 bits per heavy atom. The molecule has 9 amide bonds. The molecule has 66 heavy (non-hydrogen) atoms. The minimum atomic E-state index is -1.80. The summed E-state index contributed by atoms with van der Waals surface area (Å²) in [5.41, 5.74) is 21.3. The van der Waals surface area contributed by atoms with Crippen LogP contribution in [0.1, 0.15) is 84.6 Å². The molecule has 0 aliphatic carbocycles.